The van der Waals surface area contributed by atoms with E-state index >= 15 is 0 Å². The number of aromatic nitrogens is 5. The van der Waals surface area contributed by atoms with Gasteiger partial charge in [-0.1, -0.05) is 184 Å². The molecular formula is C46H35N5. The summed E-state index contributed by atoms with van der Waals surface area (Å²) in [5.74, 6) is 2.66. The molecule has 8 aromatic rings. The lowest BCUT2D eigenvalue weighted by molar-refractivity contribution is 0.641. The van der Waals surface area contributed by atoms with Gasteiger partial charge in [-0.05, 0) is 17.2 Å². The molecule has 51 heavy (non-hydrogen) atoms. The molecule has 8 rings (SSSR count). The summed E-state index contributed by atoms with van der Waals surface area (Å²) in [4.78, 5) is 24.6. The molecule has 0 bridgehead atoms. The molecular weight excluding hydrogens is 623 g/mol. The maximum Gasteiger partial charge on any atom is 0.164 e. The zero-order chi connectivity index (χ0) is 34.6. The summed E-state index contributed by atoms with van der Waals surface area (Å²) in [6, 6.07) is 59.9. The quantitative estimate of drug-likeness (QED) is 0.163. The van der Waals surface area contributed by atoms with Gasteiger partial charge in [0, 0.05) is 38.8 Å². The lowest BCUT2D eigenvalue weighted by atomic mass is 9.77. The van der Waals surface area contributed by atoms with Crippen LogP contribution in [0, 0.1) is 0 Å². The summed E-state index contributed by atoms with van der Waals surface area (Å²) in [6.07, 6.45) is 0. The summed E-state index contributed by atoms with van der Waals surface area (Å²) < 4.78 is 0. The minimum Gasteiger partial charge on any atom is -0.228 e. The standard InChI is InChI=1S/C46H35N5/c1-46(2,38-27-23-33(24-28-38)41-31-40(32-15-7-3-8-16-32)47-42(48-41)34-17-9-4-10-18-34)39-29-25-37(26-30-39)45-50-43(35-19-11-5-12-20-35)49-44(51-45)36-21-13-6-14-22-36/h3-31H,1-2H3. The first-order chi connectivity index (χ1) is 25.0. The van der Waals surface area contributed by atoms with Gasteiger partial charge in [-0.15, -0.1) is 0 Å². The van der Waals surface area contributed by atoms with Crippen molar-refractivity contribution >= 4 is 0 Å². The van der Waals surface area contributed by atoms with Crippen LogP contribution in [0.15, 0.2) is 176 Å². The summed E-state index contributed by atoms with van der Waals surface area (Å²) >= 11 is 0. The van der Waals surface area contributed by atoms with Gasteiger partial charge in [0.25, 0.3) is 0 Å². The van der Waals surface area contributed by atoms with Crippen molar-refractivity contribution in [2.24, 2.45) is 0 Å². The highest BCUT2D eigenvalue weighted by molar-refractivity contribution is 5.72. The zero-order valence-electron chi connectivity index (χ0n) is 28.5. The molecule has 0 radical (unpaired) electrons. The van der Waals surface area contributed by atoms with E-state index in [0.717, 1.165) is 44.8 Å². The molecule has 0 aliphatic carbocycles. The first-order valence-corrected chi connectivity index (χ1v) is 17.1. The van der Waals surface area contributed by atoms with Gasteiger partial charge >= 0.3 is 0 Å². The fraction of sp³-hybridized carbons (Fsp3) is 0.0652. The predicted octanol–water partition coefficient (Wildman–Crippen LogP) is 11.0. The van der Waals surface area contributed by atoms with E-state index in [1.807, 2.05) is 97.1 Å². The average Bonchev–Trinajstić information content (AvgIpc) is 3.22. The van der Waals surface area contributed by atoms with Crippen molar-refractivity contribution in [3.63, 3.8) is 0 Å². The largest absolute Gasteiger partial charge is 0.228 e. The van der Waals surface area contributed by atoms with E-state index in [4.69, 9.17) is 24.9 Å². The Morgan fingerprint density at radius 2 is 0.569 bits per heavy atom. The Kier molecular flexibility index (Phi) is 8.52. The molecule has 0 saturated heterocycles. The molecule has 0 spiro atoms. The lowest BCUT2D eigenvalue weighted by Crippen LogP contribution is -2.18. The maximum absolute atomic E-state index is 5.01. The minimum absolute atomic E-state index is 0.253. The Balaban J connectivity index is 1.10. The van der Waals surface area contributed by atoms with Gasteiger partial charge in [0.1, 0.15) is 0 Å². The van der Waals surface area contributed by atoms with Crippen LogP contribution in [0.5, 0.6) is 0 Å². The first-order valence-electron chi connectivity index (χ1n) is 17.1. The third-order valence-corrected chi connectivity index (χ3v) is 9.29. The first kappa shape index (κ1) is 31.7. The molecule has 5 nitrogen and oxygen atoms in total. The minimum atomic E-state index is -0.253. The van der Waals surface area contributed by atoms with Crippen molar-refractivity contribution in [3.05, 3.63) is 187 Å². The highest BCUT2D eigenvalue weighted by atomic mass is 15.0. The average molecular weight is 658 g/mol. The summed E-state index contributed by atoms with van der Waals surface area (Å²) in [5.41, 5.74) is 9.87. The fourth-order valence-electron chi connectivity index (χ4n) is 6.27. The lowest BCUT2D eigenvalue weighted by Gasteiger charge is -2.26. The van der Waals surface area contributed by atoms with Crippen molar-refractivity contribution in [1.82, 2.24) is 24.9 Å². The molecule has 0 atom stereocenters. The second-order valence-corrected chi connectivity index (χ2v) is 13.0. The van der Waals surface area contributed by atoms with Crippen molar-refractivity contribution in [3.8, 4) is 68.1 Å². The van der Waals surface area contributed by atoms with Gasteiger partial charge in [-0.2, -0.15) is 0 Å². The Hall–Kier alpha value is -6.59. The molecule has 0 fully saturated rings. The van der Waals surface area contributed by atoms with Gasteiger partial charge in [-0.25, -0.2) is 24.9 Å². The van der Waals surface area contributed by atoms with Crippen molar-refractivity contribution < 1.29 is 0 Å². The Morgan fingerprint density at radius 1 is 0.294 bits per heavy atom. The highest BCUT2D eigenvalue weighted by Gasteiger charge is 2.24. The van der Waals surface area contributed by atoms with Gasteiger partial charge in [0.2, 0.25) is 0 Å². The number of hydrogen-bond donors (Lipinski definition) is 0. The maximum atomic E-state index is 5.01. The summed E-state index contributed by atoms with van der Waals surface area (Å²) in [7, 11) is 0. The molecule has 0 N–H and O–H groups in total. The predicted molar refractivity (Wildman–Crippen MR) is 207 cm³/mol. The van der Waals surface area contributed by atoms with E-state index in [-0.39, 0.29) is 5.41 Å². The molecule has 0 aliphatic heterocycles. The van der Waals surface area contributed by atoms with Crippen molar-refractivity contribution in [2.75, 3.05) is 0 Å². The van der Waals surface area contributed by atoms with Crippen molar-refractivity contribution in [2.45, 2.75) is 19.3 Å². The van der Waals surface area contributed by atoms with Crippen molar-refractivity contribution in [1.29, 1.82) is 0 Å². The van der Waals surface area contributed by atoms with Crippen LogP contribution >= 0.6 is 0 Å². The molecule has 6 aromatic carbocycles. The van der Waals surface area contributed by atoms with E-state index in [0.29, 0.717) is 23.3 Å². The second-order valence-electron chi connectivity index (χ2n) is 13.0. The highest BCUT2D eigenvalue weighted by Crippen LogP contribution is 2.35. The molecule has 5 heteroatoms. The van der Waals surface area contributed by atoms with Crippen LogP contribution < -0.4 is 0 Å². The number of benzene rings is 6. The van der Waals surface area contributed by atoms with Crippen LogP contribution in [0.2, 0.25) is 0 Å². The number of nitrogens with zero attached hydrogens (tertiary/aromatic N) is 5. The molecule has 244 valence electrons. The van der Waals surface area contributed by atoms with Gasteiger partial charge in [-0.3, -0.25) is 0 Å². The molecule has 0 saturated carbocycles. The van der Waals surface area contributed by atoms with E-state index in [9.17, 15) is 0 Å². The number of rotatable bonds is 8. The topological polar surface area (TPSA) is 64.5 Å². The van der Waals surface area contributed by atoms with Gasteiger partial charge < -0.3 is 0 Å². The summed E-state index contributed by atoms with van der Waals surface area (Å²) in [5, 5.41) is 0. The monoisotopic (exact) mass is 657 g/mol. The molecule has 2 heterocycles. The fourth-order valence-corrected chi connectivity index (χ4v) is 6.27. The van der Waals surface area contributed by atoms with E-state index in [2.05, 4.69) is 92.7 Å². The SMILES string of the molecule is CC(C)(c1ccc(-c2cc(-c3ccccc3)nc(-c3ccccc3)n2)cc1)c1ccc(-c2nc(-c3ccccc3)nc(-c3ccccc3)n2)cc1. The zero-order valence-corrected chi connectivity index (χ0v) is 28.5. The summed E-state index contributed by atoms with van der Waals surface area (Å²) in [6.45, 7) is 4.51. The third kappa shape index (κ3) is 6.70. The van der Waals surface area contributed by atoms with Gasteiger partial charge in [0.05, 0.1) is 11.4 Å². The van der Waals surface area contributed by atoms with Crippen LogP contribution in [0.4, 0.5) is 0 Å². The van der Waals surface area contributed by atoms with Crippen LogP contribution in [0.1, 0.15) is 25.0 Å². The molecule has 0 unspecified atom stereocenters. The van der Waals surface area contributed by atoms with Crippen LogP contribution in [-0.4, -0.2) is 24.9 Å². The van der Waals surface area contributed by atoms with Crippen LogP contribution in [-0.2, 0) is 5.41 Å². The number of hydrogen-bond acceptors (Lipinski definition) is 5. The molecule has 2 aromatic heterocycles. The Morgan fingerprint density at radius 3 is 0.941 bits per heavy atom. The molecule has 0 aliphatic rings. The van der Waals surface area contributed by atoms with Crippen LogP contribution in [0.3, 0.4) is 0 Å². The Labute approximate surface area is 298 Å². The van der Waals surface area contributed by atoms with E-state index in [1.165, 1.54) is 11.1 Å². The van der Waals surface area contributed by atoms with E-state index in [1.54, 1.807) is 0 Å². The van der Waals surface area contributed by atoms with E-state index < -0.39 is 0 Å². The Bertz CT molecular complexity index is 2110. The smallest absolute Gasteiger partial charge is 0.164 e. The van der Waals surface area contributed by atoms with Gasteiger partial charge in [0.15, 0.2) is 23.3 Å². The van der Waals surface area contributed by atoms with Crippen LogP contribution in [0.25, 0.3) is 68.1 Å². The normalized spacial score (nSPS) is 11.3. The third-order valence-electron chi connectivity index (χ3n) is 9.29. The second kappa shape index (κ2) is 13.7. The molecule has 0 amide bonds.